The number of carbonyl (C=O) groups excluding carboxylic acids is 2. The van der Waals surface area contributed by atoms with Gasteiger partial charge in [0.15, 0.2) is 0 Å². The van der Waals surface area contributed by atoms with Crippen LogP contribution in [0.15, 0.2) is 60.7 Å². The van der Waals surface area contributed by atoms with Crippen molar-refractivity contribution in [2.24, 2.45) is 0 Å². The molecule has 0 radical (unpaired) electrons. The molecule has 0 aliphatic carbocycles. The molecule has 3 rings (SSSR count). The highest BCUT2D eigenvalue weighted by Gasteiger charge is 2.24. The Kier molecular flexibility index (Phi) is 7.02. The lowest BCUT2D eigenvalue weighted by Gasteiger charge is -2.23. The van der Waals surface area contributed by atoms with E-state index in [0.717, 1.165) is 22.3 Å². The second-order valence-electron chi connectivity index (χ2n) is 10.8. The van der Waals surface area contributed by atoms with Gasteiger partial charge in [-0.25, -0.2) is 9.59 Å². The van der Waals surface area contributed by atoms with E-state index in [4.69, 9.17) is 9.47 Å². The predicted molar refractivity (Wildman–Crippen MR) is 136 cm³/mol. The minimum atomic E-state index is -0.513. The predicted octanol–water partition coefficient (Wildman–Crippen LogP) is 7.34. The van der Waals surface area contributed by atoms with Crippen molar-refractivity contribution < 1.29 is 19.1 Å². The summed E-state index contributed by atoms with van der Waals surface area (Å²) in [6.45, 7) is 16.3. The van der Waals surface area contributed by atoms with Gasteiger partial charge in [0.1, 0.15) is 11.5 Å². The molecule has 0 amide bonds. The van der Waals surface area contributed by atoms with Gasteiger partial charge < -0.3 is 9.47 Å². The number of hydrogen-bond acceptors (Lipinski definition) is 4. The lowest BCUT2D eigenvalue weighted by Crippen LogP contribution is -2.19. The largest absolute Gasteiger partial charge is 0.422 e. The molecule has 0 fully saturated rings. The average molecular weight is 459 g/mol. The summed E-state index contributed by atoms with van der Waals surface area (Å²) in [6, 6.07) is 18.2. The van der Waals surface area contributed by atoms with E-state index in [0.29, 0.717) is 22.6 Å². The first kappa shape index (κ1) is 25.2. The van der Waals surface area contributed by atoms with Crippen molar-refractivity contribution in [3.63, 3.8) is 0 Å². The molecule has 34 heavy (non-hydrogen) atoms. The summed E-state index contributed by atoms with van der Waals surface area (Å²) < 4.78 is 11.7. The molecule has 0 unspecified atom stereocenters. The van der Waals surface area contributed by atoms with Crippen molar-refractivity contribution in [3.8, 4) is 11.5 Å². The number of hydrogen-bond donors (Lipinski definition) is 0. The summed E-state index contributed by atoms with van der Waals surface area (Å²) in [6.07, 6.45) is 0. The molecule has 0 heterocycles. The Morgan fingerprint density at radius 3 is 1.29 bits per heavy atom. The van der Waals surface area contributed by atoms with Gasteiger partial charge in [0.25, 0.3) is 0 Å². The Bertz CT molecular complexity index is 1130. The van der Waals surface area contributed by atoms with Crippen LogP contribution in [0.25, 0.3) is 0 Å². The van der Waals surface area contributed by atoms with Gasteiger partial charge in [0, 0.05) is 11.1 Å². The standard InChI is InChI=1S/C30H34O4/c1-19-12-9-16-23(29(3,4)5)25(19)33-27(31)21-14-11-15-22(18-21)28(32)34-26-20(2)13-10-17-24(26)30(6,7)8/h9-18H,1-8H3. The van der Waals surface area contributed by atoms with Crippen LogP contribution in [0.4, 0.5) is 0 Å². The van der Waals surface area contributed by atoms with Crippen LogP contribution in [0.1, 0.15) is 84.5 Å². The highest BCUT2D eigenvalue weighted by atomic mass is 16.5. The summed E-state index contributed by atoms with van der Waals surface area (Å²) in [7, 11) is 0. The van der Waals surface area contributed by atoms with Crippen molar-refractivity contribution in [3.05, 3.63) is 94.0 Å². The smallest absolute Gasteiger partial charge is 0.343 e. The Morgan fingerprint density at radius 1 is 0.588 bits per heavy atom. The third-order valence-corrected chi connectivity index (χ3v) is 5.76. The van der Waals surface area contributed by atoms with Gasteiger partial charge in [-0.05, 0) is 54.0 Å². The molecule has 3 aromatic rings. The quantitative estimate of drug-likeness (QED) is 0.303. The van der Waals surface area contributed by atoms with E-state index >= 15 is 0 Å². The fourth-order valence-corrected chi connectivity index (χ4v) is 3.83. The second kappa shape index (κ2) is 9.46. The number of aryl methyl sites for hydroxylation is 2. The first-order valence-corrected chi connectivity index (χ1v) is 11.5. The third-order valence-electron chi connectivity index (χ3n) is 5.76. The van der Waals surface area contributed by atoms with Crippen LogP contribution in [0.2, 0.25) is 0 Å². The van der Waals surface area contributed by atoms with Gasteiger partial charge >= 0.3 is 11.9 Å². The summed E-state index contributed by atoms with van der Waals surface area (Å²) in [5, 5.41) is 0. The van der Waals surface area contributed by atoms with E-state index in [1.807, 2.05) is 50.2 Å². The Morgan fingerprint density at radius 2 is 0.941 bits per heavy atom. The van der Waals surface area contributed by atoms with Crippen molar-refractivity contribution in [2.45, 2.75) is 66.2 Å². The van der Waals surface area contributed by atoms with E-state index in [9.17, 15) is 9.59 Å². The van der Waals surface area contributed by atoms with Gasteiger partial charge in [-0.15, -0.1) is 0 Å². The lowest BCUT2D eigenvalue weighted by atomic mass is 9.85. The second-order valence-corrected chi connectivity index (χ2v) is 10.8. The molecule has 0 saturated heterocycles. The van der Waals surface area contributed by atoms with Crippen molar-refractivity contribution >= 4 is 11.9 Å². The van der Waals surface area contributed by atoms with Crippen molar-refractivity contribution in [2.75, 3.05) is 0 Å². The van der Waals surface area contributed by atoms with E-state index in [1.54, 1.807) is 18.2 Å². The van der Waals surface area contributed by atoms with Crippen LogP contribution in [0.5, 0.6) is 11.5 Å². The molecule has 0 bridgehead atoms. The van der Waals surface area contributed by atoms with Crippen molar-refractivity contribution in [1.82, 2.24) is 0 Å². The zero-order valence-electron chi connectivity index (χ0n) is 21.4. The molecule has 3 aromatic carbocycles. The van der Waals surface area contributed by atoms with Crippen LogP contribution in [0, 0.1) is 13.8 Å². The molecule has 0 spiro atoms. The van der Waals surface area contributed by atoms with E-state index in [-0.39, 0.29) is 10.8 Å². The van der Waals surface area contributed by atoms with Gasteiger partial charge in [-0.3, -0.25) is 0 Å². The zero-order chi connectivity index (χ0) is 25.3. The number of benzene rings is 3. The monoisotopic (exact) mass is 458 g/mol. The molecular weight excluding hydrogens is 424 g/mol. The summed E-state index contributed by atoms with van der Waals surface area (Å²) >= 11 is 0. The highest BCUT2D eigenvalue weighted by molar-refractivity contribution is 5.97. The Labute approximate surface area is 202 Å². The van der Waals surface area contributed by atoms with E-state index < -0.39 is 11.9 Å². The third kappa shape index (κ3) is 5.56. The SMILES string of the molecule is Cc1cccc(C(C)(C)C)c1OC(=O)c1cccc(C(=O)Oc2c(C)cccc2C(C)(C)C)c1. The zero-order valence-corrected chi connectivity index (χ0v) is 21.4. The van der Waals surface area contributed by atoms with Crippen LogP contribution >= 0.6 is 0 Å². The molecule has 0 aromatic heterocycles. The van der Waals surface area contributed by atoms with Gasteiger partial charge in [0.2, 0.25) is 0 Å². The molecule has 0 saturated carbocycles. The van der Waals surface area contributed by atoms with Crippen LogP contribution < -0.4 is 9.47 Å². The van der Waals surface area contributed by atoms with Crippen molar-refractivity contribution in [1.29, 1.82) is 0 Å². The van der Waals surface area contributed by atoms with E-state index in [2.05, 4.69) is 41.5 Å². The Hall–Kier alpha value is -3.40. The Balaban J connectivity index is 1.89. The highest BCUT2D eigenvalue weighted by Crippen LogP contribution is 2.35. The number of para-hydroxylation sites is 2. The fraction of sp³-hybridized carbons (Fsp3) is 0.333. The number of carbonyl (C=O) groups is 2. The number of rotatable bonds is 4. The molecule has 4 nitrogen and oxygen atoms in total. The molecule has 0 aliphatic rings. The first-order valence-electron chi connectivity index (χ1n) is 11.5. The van der Waals surface area contributed by atoms with Crippen LogP contribution in [0.3, 0.4) is 0 Å². The minimum absolute atomic E-state index is 0.189. The summed E-state index contributed by atoms with van der Waals surface area (Å²) in [4.78, 5) is 26.1. The lowest BCUT2D eigenvalue weighted by molar-refractivity contribution is 0.0730. The molecule has 4 heteroatoms. The molecular formula is C30H34O4. The van der Waals surface area contributed by atoms with Gasteiger partial charge in [0.05, 0.1) is 11.1 Å². The van der Waals surface area contributed by atoms with E-state index in [1.165, 1.54) is 6.07 Å². The summed E-state index contributed by atoms with van der Waals surface area (Å²) in [5.74, 6) is 0.0897. The minimum Gasteiger partial charge on any atom is -0.422 e. The average Bonchev–Trinajstić information content (AvgIpc) is 2.75. The normalized spacial score (nSPS) is 11.8. The topological polar surface area (TPSA) is 52.6 Å². The summed E-state index contributed by atoms with van der Waals surface area (Å²) in [5.41, 5.74) is 3.86. The molecule has 0 N–H and O–H groups in total. The maximum Gasteiger partial charge on any atom is 0.343 e. The van der Waals surface area contributed by atoms with Crippen LogP contribution in [-0.4, -0.2) is 11.9 Å². The van der Waals surface area contributed by atoms with Crippen LogP contribution in [-0.2, 0) is 10.8 Å². The molecule has 178 valence electrons. The first-order chi connectivity index (χ1) is 15.8. The number of esters is 2. The van der Waals surface area contributed by atoms with Gasteiger partial charge in [-0.1, -0.05) is 84.0 Å². The fourth-order valence-electron chi connectivity index (χ4n) is 3.83. The molecule has 0 atom stereocenters. The number of ether oxygens (including phenoxy) is 2. The molecule has 0 aliphatic heterocycles. The maximum absolute atomic E-state index is 13.0. The maximum atomic E-state index is 13.0. The van der Waals surface area contributed by atoms with Gasteiger partial charge in [-0.2, -0.15) is 0 Å².